The summed E-state index contributed by atoms with van der Waals surface area (Å²) in [6, 6.07) is 5.53. The van der Waals surface area contributed by atoms with Gasteiger partial charge in [0.25, 0.3) is 5.91 Å². The van der Waals surface area contributed by atoms with E-state index < -0.39 is 0 Å². The molecule has 7 nitrogen and oxygen atoms in total. The van der Waals surface area contributed by atoms with Crippen molar-refractivity contribution in [3.05, 3.63) is 46.9 Å². The van der Waals surface area contributed by atoms with Gasteiger partial charge >= 0.3 is 0 Å². The number of amides is 1. The van der Waals surface area contributed by atoms with Crippen LogP contribution in [0.2, 0.25) is 10.4 Å². The Morgan fingerprint density at radius 2 is 1.92 bits per heavy atom. The van der Waals surface area contributed by atoms with Crippen molar-refractivity contribution in [3.8, 4) is 0 Å². The molecule has 0 saturated carbocycles. The zero-order chi connectivity index (χ0) is 17.4. The Morgan fingerprint density at radius 3 is 2.64 bits per heavy atom. The summed E-state index contributed by atoms with van der Waals surface area (Å²) >= 11 is 12.0. The number of carbonyl (C=O) groups excluding carboxylic acids is 1. The van der Waals surface area contributed by atoms with Gasteiger partial charge < -0.3 is 9.47 Å². The first-order valence-electron chi connectivity index (χ1n) is 7.89. The summed E-state index contributed by atoms with van der Waals surface area (Å²) < 4.78 is 1.97. The fraction of sp³-hybridized carbons (Fsp3) is 0.312. The van der Waals surface area contributed by atoms with Crippen molar-refractivity contribution in [1.82, 2.24) is 29.4 Å². The van der Waals surface area contributed by atoms with Gasteiger partial charge in [0.05, 0.1) is 6.33 Å². The Morgan fingerprint density at radius 1 is 1.12 bits per heavy atom. The first kappa shape index (κ1) is 16.2. The van der Waals surface area contributed by atoms with E-state index in [2.05, 4.69) is 19.9 Å². The van der Waals surface area contributed by atoms with Gasteiger partial charge in [0, 0.05) is 25.3 Å². The average molecular weight is 377 g/mol. The van der Waals surface area contributed by atoms with Crippen molar-refractivity contribution in [2.75, 3.05) is 13.1 Å². The monoisotopic (exact) mass is 376 g/mol. The number of halogens is 2. The molecule has 1 aliphatic rings. The molecule has 1 aliphatic heterocycles. The van der Waals surface area contributed by atoms with Gasteiger partial charge in [-0.05, 0) is 36.6 Å². The highest BCUT2D eigenvalue weighted by atomic mass is 35.5. The van der Waals surface area contributed by atoms with E-state index in [1.807, 2.05) is 15.5 Å². The summed E-state index contributed by atoms with van der Waals surface area (Å²) in [5, 5.41) is 0.346. The van der Waals surface area contributed by atoms with E-state index in [1.165, 1.54) is 0 Å². The van der Waals surface area contributed by atoms with Crippen LogP contribution in [-0.4, -0.2) is 48.4 Å². The highest BCUT2D eigenvalue weighted by molar-refractivity contribution is 6.35. The lowest BCUT2D eigenvalue weighted by Crippen LogP contribution is -2.39. The molecule has 128 valence electrons. The van der Waals surface area contributed by atoms with Crippen molar-refractivity contribution >= 4 is 40.3 Å². The summed E-state index contributed by atoms with van der Waals surface area (Å²) in [6.07, 6.45) is 4.93. The molecular formula is C16H14Cl2N6O. The largest absolute Gasteiger partial charge is 0.337 e. The van der Waals surface area contributed by atoms with E-state index in [0.717, 1.165) is 12.8 Å². The number of imidazole rings is 1. The van der Waals surface area contributed by atoms with Crippen molar-refractivity contribution < 1.29 is 4.79 Å². The van der Waals surface area contributed by atoms with Crippen LogP contribution < -0.4 is 0 Å². The molecule has 0 atom stereocenters. The molecule has 0 spiro atoms. The highest BCUT2D eigenvalue weighted by Crippen LogP contribution is 2.28. The number of pyridine rings is 1. The lowest BCUT2D eigenvalue weighted by atomic mass is 10.0. The van der Waals surface area contributed by atoms with Gasteiger partial charge in [0.15, 0.2) is 10.8 Å². The molecule has 3 aromatic heterocycles. The van der Waals surface area contributed by atoms with E-state index in [4.69, 9.17) is 23.2 Å². The van der Waals surface area contributed by atoms with Gasteiger partial charge in [-0.1, -0.05) is 17.7 Å². The minimum atomic E-state index is -0.0389. The second kappa shape index (κ2) is 6.57. The molecule has 1 saturated heterocycles. The van der Waals surface area contributed by atoms with Crippen molar-refractivity contribution in [1.29, 1.82) is 0 Å². The second-order valence-electron chi connectivity index (χ2n) is 5.85. The van der Waals surface area contributed by atoms with Crippen molar-refractivity contribution in [2.45, 2.75) is 18.9 Å². The molecule has 1 amide bonds. The third-order valence-corrected chi connectivity index (χ3v) is 4.81. The molecule has 9 heteroatoms. The SMILES string of the molecule is O=C(c1ccccn1)N1CCC(n2cnc3c(Cl)nc(Cl)nc32)CC1. The number of piperidine rings is 1. The predicted molar refractivity (Wildman–Crippen MR) is 93.8 cm³/mol. The average Bonchev–Trinajstić information content (AvgIpc) is 3.06. The number of hydrogen-bond donors (Lipinski definition) is 0. The first-order chi connectivity index (χ1) is 12.1. The molecule has 0 radical (unpaired) electrons. The van der Waals surface area contributed by atoms with Crippen LogP contribution in [0.5, 0.6) is 0 Å². The lowest BCUT2D eigenvalue weighted by molar-refractivity contribution is 0.0690. The summed E-state index contributed by atoms with van der Waals surface area (Å²) in [6.45, 7) is 1.29. The fourth-order valence-electron chi connectivity index (χ4n) is 3.12. The Hall–Kier alpha value is -2.25. The van der Waals surface area contributed by atoms with Gasteiger partial charge in [0.1, 0.15) is 11.2 Å². The Bertz CT molecular complexity index is 921. The number of carbonyl (C=O) groups is 1. The first-order valence-corrected chi connectivity index (χ1v) is 8.65. The number of fused-ring (bicyclic) bond motifs is 1. The maximum Gasteiger partial charge on any atom is 0.272 e. The van der Waals surface area contributed by atoms with Gasteiger partial charge in [-0.15, -0.1) is 0 Å². The van der Waals surface area contributed by atoms with E-state index in [1.54, 1.807) is 24.7 Å². The topological polar surface area (TPSA) is 76.8 Å². The molecule has 3 aromatic rings. The molecule has 4 rings (SSSR count). The quantitative estimate of drug-likeness (QED) is 0.507. The maximum atomic E-state index is 12.5. The summed E-state index contributed by atoms with van der Waals surface area (Å²) in [4.78, 5) is 30.9. The third kappa shape index (κ3) is 3.05. The second-order valence-corrected chi connectivity index (χ2v) is 6.54. The minimum absolute atomic E-state index is 0.0389. The number of hydrogen-bond acceptors (Lipinski definition) is 5. The maximum absolute atomic E-state index is 12.5. The number of likely N-dealkylation sites (tertiary alicyclic amines) is 1. The summed E-state index contributed by atoms with van der Waals surface area (Å²) in [5.74, 6) is -0.0389. The molecule has 0 N–H and O–H groups in total. The normalized spacial score (nSPS) is 15.7. The number of nitrogens with zero attached hydrogens (tertiary/aromatic N) is 6. The van der Waals surface area contributed by atoms with E-state index in [0.29, 0.717) is 29.9 Å². The van der Waals surface area contributed by atoms with E-state index in [-0.39, 0.29) is 22.4 Å². The van der Waals surface area contributed by atoms with Gasteiger partial charge in [-0.2, -0.15) is 4.98 Å². The molecule has 0 aromatic carbocycles. The van der Waals surface area contributed by atoms with Crippen LogP contribution in [0.3, 0.4) is 0 Å². The highest BCUT2D eigenvalue weighted by Gasteiger charge is 2.26. The zero-order valence-electron chi connectivity index (χ0n) is 13.1. The minimum Gasteiger partial charge on any atom is -0.337 e. The van der Waals surface area contributed by atoms with Crippen LogP contribution in [0, 0.1) is 0 Å². The van der Waals surface area contributed by atoms with Crippen LogP contribution in [-0.2, 0) is 0 Å². The van der Waals surface area contributed by atoms with Crippen molar-refractivity contribution in [3.63, 3.8) is 0 Å². The molecule has 0 bridgehead atoms. The molecular weight excluding hydrogens is 363 g/mol. The van der Waals surface area contributed by atoms with Crippen LogP contribution >= 0.6 is 23.2 Å². The van der Waals surface area contributed by atoms with E-state index >= 15 is 0 Å². The summed E-state index contributed by atoms with van der Waals surface area (Å²) in [7, 11) is 0. The number of aromatic nitrogens is 5. The number of rotatable bonds is 2. The third-order valence-electron chi connectivity index (χ3n) is 4.38. The summed E-state index contributed by atoms with van der Waals surface area (Å²) in [5.41, 5.74) is 1.64. The van der Waals surface area contributed by atoms with Crippen molar-refractivity contribution in [2.24, 2.45) is 0 Å². The molecule has 0 unspecified atom stereocenters. The molecule has 25 heavy (non-hydrogen) atoms. The smallest absolute Gasteiger partial charge is 0.272 e. The van der Waals surface area contributed by atoms with Crippen LogP contribution in [0.1, 0.15) is 29.4 Å². The van der Waals surface area contributed by atoms with Gasteiger partial charge in [-0.25, -0.2) is 9.97 Å². The Labute approximate surface area is 153 Å². The Balaban J connectivity index is 1.52. The zero-order valence-corrected chi connectivity index (χ0v) is 14.7. The van der Waals surface area contributed by atoms with Crippen LogP contribution in [0.15, 0.2) is 30.7 Å². The van der Waals surface area contributed by atoms with Crippen LogP contribution in [0.4, 0.5) is 0 Å². The lowest BCUT2D eigenvalue weighted by Gasteiger charge is -2.32. The van der Waals surface area contributed by atoms with E-state index in [9.17, 15) is 4.79 Å². The fourth-order valence-corrected chi connectivity index (χ4v) is 3.54. The standard InChI is InChI=1S/C16H14Cl2N6O/c17-13-12-14(22-16(18)21-13)24(9-20-12)10-4-7-23(8-5-10)15(25)11-3-1-2-6-19-11/h1-3,6,9-10H,4-5,7-8H2. The van der Waals surface area contributed by atoms with Crippen LogP contribution in [0.25, 0.3) is 11.2 Å². The van der Waals surface area contributed by atoms with Gasteiger partial charge in [0.2, 0.25) is 5.28 Å². The molecule has 4 heterocycles. The Kier molecular flexibility index (Phi) is 4.27. The molecule has 0 aliphatic carbocycles. The molecule has 1 fully saturated rings. The predicted octanol–water partition coefficient (Wildman–Crippen LogP) is 3.01. The van der Waals surface area contributed by atoms with Gasteiger partial charge in [-0.3, -0.25) is 9.78 Å².